The number of rotatable bonds is 4. The summed E-state index contributed by atoms with van der Waals surface area (Å²) < 4.78 is 10.9. The van der Waals surface area contributed by atoms with Crippen molar-refractivity contribution in [1.29, 1.82) is 0 Å². The number of nitrogens with zero attached hydrogens (tertiary/aromatic N) is 4. The minimum absolute atomic E-state index is 0.0785. The number of ether oxygens (including phenoxy) is 1. The van der Waals surface area contributed by atoms with E-state index in [9.17, 15) is 4.79 Å². The van der Waals surface area contributed by atoms with E-state index in [1.165, 1.54) is 0 Å². The molecule has 0 bridgehead atoms. The van der Waals surface area contributed by atoms with E-state index in [1.807, 2.05) is 18.7 Å². The van der Waals surface area contributed by atoms with E-state index >= 15 is 0 Å². The average molecular weight is 316 g/mol. The lowest BCUT2D eigenvalue weighted by Crippen LogP contribution is -2.42. The Morgan fingerprint density at radius 1 is 1.39 bits per heavy atom. The predicted octanol–water partition coefficient (Wildman–Crippen LogP) is 1.69. The largest absolute Gasteiger partial charge is 0.473 e. The van der Waals surface area contributed by atoms with Gasteiger partial charge in [-0.25, -0.2) is 0 Å². The summed E-state index contributed by atoms with van der Waals surface area (Å²) in [5.41, 5.74) is 1.68. The molecule has 0 radical (unpaired) electrons. The van der Waals surface area contributed by atoms with E-state index in [-0.39, 0.29) is 12.0 Å². The fraction of sp³-hybridized carbons (Fsp3) is 0.500. The summed E-state index contributed by atoms with van der Waals surface area (Å²) in [7, 11) is 0. The molecule has 1 fully saturated rings. The zero-order valence-electron chi connectivity index (χ0n) is 13.4. The van der Waals surface area contributed by atoms with Gasteiger partial charge >= 0.3 is 0 Å². The van der Waals surface area contributed by atoms with Crippen molar-refractivity contribution in [2.45, 2.75) is 39.2 Å². The summed E-state index contributed by atoms with van der Waals surface area (Å²) in [5, 5.41) is 11.6. The van der Waals surface area contributed by atoms with Crippen molar-refractivity contribution in [2.24, 2.45) is 0 Å². The molecule has 23 heavy (non-hydrogen) atoms. The van der Waals surface area contributed by atoms with Gasteiger partial charge in [-0.2, -0.15) is 5.10 Å². The summed E-state index contributed by atoms with van der Waals surface area (Å²) in [6, 6.07) is 3.59. The summed E-state index contributed by atoms with van der Waals surface area (Å²) in [4.78, 5) is 14.3. The van der Waals surface area contributed by atoms with Gasteiger partial charge in [0.1, 0.15) is 11.9 Å². The Hall–Kier alpha value is -2.44. The Morgan fingerprint density at radius 3 is 2.78 bits per heavy atom. The van der Waals surface area contributed by atoms with Crippen LogP contribution in [0.4, 0.5) is 0 Å². The second-order valence-electron chi connectivity index (χ2n) is 5.74. The van der Waals surface area contributed by atoms with Crippen LogP contribution in [0.15, 0.2) is 22.9 Å². The van der Waals surface area contributed by atoms with Gasteiger partial charge in [0.25, 0.3) is 0 Å². The van der Waals surface area contributed by atoms with Crippen molar-refractivity contribution in [2.75, 3.05) is 13.1 Å². The molecule has 0 atom stereocenters. The maximum Gasteiger partial charge on any atom is 0.233 e. The fourth-order valence-corrected chi connectivity index (χ4v) is 2.76. The molecular weight excluding hydrogens is 296 g/mol. The highest BCUT2D eigenvalue weighted by molar-refractivity contribution is 5.79. The first-order valence-corrected chi connectivity index (χ1v) is 7.77. The van der Waals surface area contributed by atoms with Gasteiger partial charge in [0.2, 0.25) is 11.8 Å². The molecule has 7 nitrogen and oxygen atoms in total. The second kappa shape index (κ2) is 6.76. The van der Waals surface area contributed by atoms with Crippen molar-refractivity contribution in [1.82, 2.24) is 20.3 Å². The summed E-state index contributed by atoms with van der Waals surface area (Å²) >= 11 is 0. The van der Waals surface area contributed by atoms with Crippen LogP contribution >= 0.6 is 0 Å². The molecule has 3 rings (SSSR count). The lowest BCUT2D eigenvalue weighted by molar-refractivity contribution is -0.132. The second-order valence-corrected chi connectivity index (χ2v) is 5.74. The Kier molecular flexibility index (Phi) is 4.55. The van der Waals surface area contributed by atoms with Gasteiger partial charge in [0.05, 0.1) is 12.1 Å². The molecule has 7 heteroatoms. The van der Waals surface area contributed by atoms with E-state index in [1.54, 1.807) is 18.3 Å². The quantitative estimate of drug-likeness (QED) is 0.854. The number of aromatic nitrogens is 3. The van der Waals surface area contributed by atoms with E-state index in [0.29, 0.717) is 25.4 Å². The standard InChI is InChI=1S/C16H20N4O3/c1-11-14(12(2)23-19-11)10-16(21)20-8-5-13(6-9-20)22-15-4-3-7-17-18-15/h3-4,7,13H,5-6,8-10H2,1-2H3. The monoisotopic (exact) mass is 316 g/mol. The Labute approximate surface area is 134 Å². The third-order valence-electron chi connectivity index (χ3n) is 4.14. The van der Waals surface area contributed by atoms with Crippen LogP contribution in [0.1, 0.15) is 29.9 Å². The highest BCUT2D eigenvalue weighted by atomic mass is 16.5. The van der Waals surface area contributed by atoms with Crippen LogP contribution in [0.5, 0.6) is 5.88 Å². The number of carbonyl (C=O) groups is 1. The van der Waals surface area contributed by atoms with Crippen molar-refractivity contribution >= 4 is 5.91 Å². The Balaban J connectivity index is 1.51. The lowest BCUT2D eigenvalue weighted by atomic mass is 10.1. The Morgan fingerprint density at radius 2 is 2.17 bits per heavy atom. The molecule has 1 saturated heterocycles. The number of amides is 1. The minimum Gasteiger partial charge on any atom is -0.473 e. The van der Waals surface area contributed by atoms with Crippen LogP contribution < -0.4 is 4.74 Å². The van der Waals surface area contributed by atoms with Gasteiger partial charge in [-0.05, 0) is 19.9 Å². The van der Waals surface area contributed by atoms with Gasteiger partial charge in [-0.15, -0.1) is 5.10 Å². The number of aryl methyl sites for hydroxylation is 2. The average Bonchev–Trinajstić information content (AvgIpc) is 2.88. The van der Waals surface area contributed by atoms with Crippen molar-refractivity contribution < 1.29 is 14.1 Å². The zero-order valence-corrected chi connectivity index (χ0v) is 13.4. The highest BCUT2D eigenvalue weighted by Crippen LogP contribution is 2.19. The predicted molar refractivity (Wildman–Crippen MR) is 81.9 cm³/mol. The van der Waals surface area contributed by atoms with Gasteiger partial charge in [-0.1, -0.05) is 5.16 Å². The van der Waals surface area contributed by atoms with Crippen LogP contribution in [-0.4, -0.2) is 45.4 Å². The van der Waals surface area contributed by atoms with Crippen LogP contribution in [-0.2, 0) is 11.2 Å². The summed E-state index contributed by atoms with van der Waals surface area (Å²) in [5.74, 6) is 1.36. The first-order chi connectivity index (χ1) is 11.1. The molecule has 1 amide bonds. The van der Waals surface area contributed by atoms with Gasteiger partial charge in [0, 0.05) is 43.8 Å². The number of hydrogen-bond acceptors (Lipinski definition) is 6. The maximum atomic E-state index is 12.4. The van der Waals surface area contributed by atoms with Crippen LogP contribution in [0, 0.1) is 13.8 Å². The third kappa shape index (κ3) is 3.67. The van der Waals surface area contributed by atoms with E-state index in [4.69, 9.17) is 9.26 Å². The van der Waals surface area contributed by atoms with Crippen LogP contribution in [0.25, 0.3) is 0 Å². The third-order valence-corrected chi connectivity index (χ3v) is 4.14. The zero-order chi connectivity index (χ0) is 16.2. The molecule has 0 aromatic carbocycles. The molecule has 2 aromatic heterocycles. The van der Waals surface area contributed by atoms with E-state index < -0.39 is 0 Å². The van der Waals surface area contributed by atoms with Gasteiger partial charge in [-0.3, -0.25) is 4.79 Å². The molecule has 1 aliphatic rings. The number of piperidine rings is 1. The molecule has 0 saturated carbocycles. The number of carbonyl (C=O) groups excluding carboxylic acids is 1. The smallest absolute Gasteiger partial charge is 0.233 e. The first kappa shape index (κ1) is 15.5. The summed E-state index contributed by atoms with van der Waals surface area (Å²) in [6.45, 7) is 5.07. The molecule has 3 heterocycles. The topological polar surface area (TPSA) is 81.4 Å². The molecule has 2 aromatic rings. The highest BCUT2D eigenvalue weighted by Gasteiger charge is 2.25. The minimum atomic E-state index is 0.0785. The molecular formula is C16H20N4O3. The van der Waals surface area contributed by atoms with Crippen molar-refractivity contribution in [3.8, 4) is 5.88 Å². The maximum absolute atomic E-state index is 12.4. The molecule has 0 N–H and O–H groups in total. The van der Waals surface area contributed by atoms with Crippen molar-refractivity contribution in [3.05, 3.63) is 35.3 Å². The SMILES string of the molecule is Cc1noc(C)c1CC(=O)N1CCC(Oc2cccnn2)CC1. The lowest BCUT2D eigenvalue weighted by Gasteiger charge is -2.31. The normalized spacial score (nSPS) is 15.7. The molecule has 0 unspecified atom stereocenters. The molecule has 0 spiro atoms. The molecule has 1 aliphatic heterocycles. The van der Waals surface area contributed by atoms with Crippen molar-refractivity contribution in [3.63, 3.8) is 0 Å². The van der Waals surface area contributed by atoms with Gasteiger partial charge < -0.3 is 14.2 Å². The van der Waals surface area contributed by atoms with E-state index in [2.05, 4.69) is 15.4 Å². The fourth-order valence-electron chi connectivity index (χ4n) is 2.76. The number of hydrogen-bond donors (Lipinski definition) is 0. The van der Waals surface area contributed by atoms with E-state index in [0.717, 1.165) is 29.9 Å². The van der Waals surface area contributed by atoms with Gasteiger partial charge in [0.15, 0.2) is 0 Å². The first-order valence-electron chi connectivity index (χ1n) is 7.77. The molecule has 122 valence electrons. The summed E-state index contributed by atoms with van der Waals surface area (Å²) in [6.07, 6.45) is 3.63. The molecule has 0 aliphatic carbocycles. The Bertz CT molecular complexity index is 644. The number of likely N-dealkylation sites (tertiary alicyclic amines) is 1. The van der Waals surface area contributed by atoms with Crippen LogP contribution in [0.2, 0.25) is 0 Å². The van der Waals surface area contributed by atoms with Crippen LogP contribution in [0.3, 0.4) is 0 Å².